The maximum Gasteiger partial charge on any atom is 0.246 e. The molecule has 2 aromatic heterocycles. The summed E-state index contributed by atoms with van der Waals surface area (Å²) in [6, 6.07) is 10.0. The number of pyridine rings is 1. The number of aromatic nitrogens is 3. The summed E-state index contributed by atoms with van der Waals surface area (Å²) in [4.78, 5) is 19.6. The molecule has 0 saturated carbocycles. The van der Waals surface area contributed by atoms with E-state index in [1.807, 2.05) is 6.07 Å². The molecule has 1 amide bonds. The van der Waals surface area contributed by atoms with Crippen molar-refractivity contribution in [3.05, 3.63) is 70.6 Å². The van der Waals surface area contributed by atoms with Crippen molar-refractivity contribution in [3.63, 3.8) is 0 Å². The zero-order chi connectivity index (χ0) is 20.2. The molecule has 1 unspecified atom stereocenters. The van der Waals surface area contributed by atoms with Crippen molar-refractivity contribution < 1.29 is 9.53 Å². The van der Waals surface area contributed by atoms with E-state index in [1.54, 1.807) is 53.6 Å². The molecule has 1 atom stereocenters. The predicted molar refractivity (Wildman–Crippen MR) is 112 cm³/mol. The first-order chi connectivity index (χ1) is 14.1. The molecule has 1 saturated heterocycles. The zero-order valence-electron chi connectivity index (χ0n) is 15.5. The molecule has 150 valence electrons. The van der Waals surface area contributed by atoms with Gasteiger partial charge in [0.15, 0.2) is 5.82 Å². The molecule has 9 heteroatoms. The molecule has 0 aliphatic carbocycles. The maximum atomic E-state index is 13.2. The Kier molecular flexibility index (Phi) is 6.10. The first kappa shape index (κ1) is 19.8. The summed E-state index contributed by atoms with van der Waals surface area (Å²) in [5.74, 6) is 0.475. The van der Waals surface area contributed by atoms with E-state index < -0.39 is 6.04 Å². The summed E-state index contributed by atoms with van der Waals surface area (Å²) >= 11 is 12.5. The number of ether oxygens (including phenoxy) is 1. The van der Waals surface area contributed by atoms with Gasteiger partial charge in [-0.05, 0) is 35.9 Å². The lowest BCUT2D eigenvalue weighted by molar-refractivity contribution is -0.123. The van der Waals surface area contributed by atoms with E-state index in [1.165, 1.54) is 0 Å². The quantitative estimate of drug-likeness (QED) is 0.667. The molecule has 1 N–H and O–H groups in total. The highest BCUT2D eigenvalue weighted by Crippen LogP contribution is 2.31. The molecule has 1 aromatic carbocycles. The first-order valence-electron chi connectivity index (χ1n) is 9.15. The van der Waals surface area contributed by atoms with Gasteiger partial charge < -0.3 is 10.1 Å². The highest BCUT2D eigenvalue weighted by molar-refractivity contribution is 6.35. The summed E-state index contributed by atoms with van der Waals surface area (Å²) in [6.07, 6.45) is 5.09. The minimum absolute atomic E-state index is 0.190. The Morgan fingerprint density at radius 1 is 1.17 bits per heavy atom. The number of nitrogens with zero attached hydrogens (tertiary/aromatic N) is 4. The smallest absolute Gasteiger partial charge is 0.246 e. The summed E-state index contributed by atoms with van der Waals surface area (Å²) in [7, 11) is 0. The lowest BCUT2D eigenvalue weighted by Gasteiger charge is -2.34. The standard InChI is InChI=1S/C20H19Cl2N5O2/c21-14-2-4-16(17(22)12-14)19(26-8-10-29-11-9-26)20(28)25-15-3-5-18(23-13-15)27-7-1-6-24-27/h1-7,12-13,19H,8-11H2,(H,25,28). The molecule has 3 aromatic rings. The van der Waals surface area contributed by atoms with Crippen molar-refractivity contribution in [3.8, 4) is 5.82 Å². The van der Waals surface area contributed by atoms with Crippen LogP contribution in [0, 0.1) is 0 Å². The van der Waals surface area contributed by atoms with E-state index in [2.05, 4.69) is 20.3 Å². The Morgan fingerprint density at radius 3 is 2.66 bits per heavy atom. The van der Waals surface area contributed by atoms with Crippen molar-refractivity contribution in [1.82, 2.24) is 19.7 Å². The SMILES string of the molecule is O=C(Nc1ccc(-n2cccn2)nc1)C(c1ccc(Cl)cc1Cl)N1CCOCC1. The number of rotatable bonds is 5. The van der Waals surface area contributed by atoms with Crippen molar-refractivity contribution in [1.29, 1.82) is 0 Å². The molecule has 1 fully saturated rings. The van der Waals surface area contributed by atoms with Crippen LogP contribution in [0.1, 0.15) is 11.6 Å². The number of halogens is 2. The van der Waals surface area contributed by atoms with E-state index >= 15 is 0 Å². The van der Waals surface area contributed by atoms with Gasteiger partial charge in [0.25, 0.3) is 0 Å². The molecule has 1 aliphatic heterocycles. The Bertz CT molecular complexity index is 973. The minimum Gasteiger partial charge on any atom is -0.379 e. The third kappa shape index (κ3) is 4.59. The monoisotopic (exact) mass is 431 g/mol. The Morgan fingerprint density at radius 2 is 2.00 bits per heavy atom. The second-order valence-corrected chi connectivity index (χ2v) is 7.41. The highest BCUT2D eigenvalue weighted by atomic mass is 35.5. The summed E-state index contributed by atoms with van der Waals surface area (Å²) in [5, 5.41) is 8.07. The molecular formula is C20H19Cl2N5O2. The number of morpholine rings is 1. The van der Waals surface area contributed by atoms with Crippen molar-refractivity contribution in [2.45, 2.75) is 6.04 Å². The van der Waals surface area contributed by atoms with E-state index in [-0.39, 0.29) is 5.91 Å². The first-order valence-corrected chi connectivity index (χ1v) is 9.91. The number of benzene rings is 1. The third-order valence-electron chi connectivity index (χ3n) is 4.67. The van der Waals surface area contributed by atoms with Crippen LogP contribution in [0.4, 0.5) is 5.69 Å². The molecule has 0 spiro atoms. The van der Waals surface area contributed by atoms with Gasteiger partial charge in [-0.3, -0.25) is 9.69 Å². The topological polar surface area (TPSA) is 72.3 Å². The number of carbonyl (C=O) groups is 1. The lowest BCUT2D eigenvalue weighted by Crippen LogP contribution is -2.44. The number of hydrogen-bond acceptors (Lipinski definition) is 5. The number of amides is 1. The van der Waals surface area contributed by atoms with Crippen LogP contribution in [-0.2, 0) is 9.53 Å². The number of nitrogens with one attached hydrogen (secondary N) is 1. The van der Waals surface area contributed by atoms with Gasteiger partial charge >= 0.3 is 0 Å². The maximum absolute atomic E-state index is 13.2. The number of anilines is 1. The van der Waals surface area contributed by atoms with Crippen LogP contribution >= 0.6 is 23.2 Å². The van der Waals surface area contributed by atoms with E-state index in [0.29, 0.717) is 53.4 Å². The summed E-state index contributed by atoms with van der Waals surface area (Å²) in [5.41, 5.74) is 1.30. The second-order valence-electron chi connectivity index (χ2n) is 6.56. The van der Waals surface area contributed by atoms with Gasteiger partial charge in [0, 0.05) is 35.5 Å². The fourth-order valence-electron chi connectivity index (χ4n) is 3.27. The Balaban J connectivity index is 1.57. The average molecular weight is 432 g/mol. The van der Waals surface area contributed by atoms with Crippen molar-refractivity contribution >= 4 is 34.8 Å². The van der Waals surface area contributed by atoms with Gasteiger partial charge in [-0.25, -0.2) is 9.67 Å². The highest BCUT2D eigenvalue weighted by Gasteiger charge is 2.31. The van der Waals surface area contributed by atoms with Gasteiger partial charge in [-0.1, -0.05) is 29.3 Å². The largest absolute Gasteiger partial charge is 0.379 e. The molecular weight excluding hydrogens is 413 g/mol. The lowest BCUT2D eigenvalue weighted by atomic mass is 10.0. The minimum atomic E-state index is -0.561. The van der Waals surface area contributed by atoms with Crippen LogP contribution in [0.5, 0.6) is 0 Å². The van der Waals surface area contributed by atoms with Crippen LogP contribution in [0.15, 0.2) is 55.0 Å². The Hall–Kier alpha value is -2.45. The van der Waals surface area contributed by atoms with Crippen LogP contribution in [0.3, 0.4) is 0 Å². The summed E-state index contributed by atoms with van der Waals surface area (Å²) < 4.78 is 7.08. The van der Waals surface area contributed by atoms with Gasteiger partial charge in [0.05, 0.1) is 25.1 Å². The summed E-state index contributed by atoms with van der Waals surface area (Å²) in [6.45, 7) is 2.39. The Labute approximate surface area is 178 Å². The van der Waals surface area contributed by atoms with Gasteiger partial charge in [-0.2, -0.15) is 5.10 Å². The van der Waals surface area contributed by atoms with Crippen LogP contribution < -0.4 is 5.32 Å². The normalized spacial score (nSPS) is 15.8. The number of carbonyl (C=O) groups excluding carboxylic acids is 1. The van der Waals surface area contributed by atoms with Crippen LogP contribution in [0.25, 0.3) is 5.82 Å². The molecule has 1 aliphatic rings. The molecule has 0 bridgehead atoms. The fourth-order valence-corrected chi connectivity index (χ4v) is 3.79. The molecule has 4 rings (SSSR count). The van der Waals surface area contributed by atoms with Crippen LogP contribution in [0.2, 0.25) is 10.0 Å². The fraction of sp³-hybridized carbons (Fsp3) is 0.250. The molecule has 3 heterocycles. The second kappa shape index (κ2) is 8.92. The molecule has 0 radical (unpaired) electrons. The van der Waals surface area contributed by atoms with Gasteiger partial charge in [-0.15, -0.1) is 0 Å². The molecule has 29 heavy (non-hydrogen) atoms. The van der Waals surface area contributed by atoms with Crippen molar-refractivity contribution in [2.24, 2.45) is 0 Å². The van der Waals surface area contributed by atoms with Gasteiger partial charge in [0.1, 0.15) is 6.04 Å². The van der Waals surface area contributed by atoms with Crippen molar-refractivity contribution in [2.75, 3.05) is 31.6 Å². The van der Waals surface area contributed by atoms with E-state index in [9.17, 15) is 4.79 Å². The number of hydrogen-bond donors (Lipinski definition) is 1. The van der Waals surface area contributed by atoms with E-state index in [0.717, 1.165) is 0 Å². The third-order valence-corrected chi connectivity index (χ3v) is 5.23. The van der Waals surface area contributed by atoms with E-state index in [4.69, 9.17) is 27.9 Å². The van der Waals surface area contributed by atoms with Gasteiger partial charge in [0.2, 0.25) is 5.91 Å². The molecule has 7 nitrogen and oxygen atoms in total. The van der Waals surface area contributed by atoms with Crippen LogP contribution in [-0.4, -0.2) is 51.9 Å². The zero-order valence-corrected chi connectivity index (χ0v) is 17.0. The predicted octanol–water partition coefficient (Wildman–Crippen LogP) is 3.59. The average Bonchev–Trinajstić information content (AvgIpc) is 3.26.